The minimum atomic E-state index is -0.567. The summed E-state index contributed by atoms with van der Waals surface area (Å²) >= 11 is 3.24. The van der Waals surface area contributed by atoms with Crippen LogP contribution in [0.5, 0.6) is 0 Å². The lowest BCUT2D eigenvalue weighted by Gasteiger charge is -2.20. The molecule has 0 saturated heterocycles. The summed E-state index contributed by atoms with van der Waals surface area (Å²) in [4.78, 5) is 14.3. The van der Waals surface area contributed by atoms with E-state index in [9.17, 15) is 9.18 Å². The molecule has 0 radical (unpaired) electrons. The van der Waals surface area contributed by atoms with Gasteiger partial charge in [0.2, 0.25) is 5.91 Å². The zero-order valence-electron chi connectivity index (χ0n) is 11.9. The molecule has 2 aromatic carbocycles. The first-order valence-electron chi connectivity index (χ1n) is 6.76. The average Bonchev–Trinajstić information content (AvgIpc) is 2.63. The van der Waals surface area contributed by atoms with Crippen molar-refractivity contribution >= 4 is 27.5 Å². The number of carbonyl (C=O) groups excluding carboxylic acids is 1. The maximum atomic E-state index is 14.0. The molecule has 1 aliphatic heterocycles. The summed E-state index contributed by atoms with van der Waals surface area (Å²) < 4.78 is 14.7. The third kappa shape index (κ3) is 2.27. The Morgan fingerprint density at radius 2 is 1.90 bits per heavy atom. The molecule has 0 aliphatic carbocycles. The van der Waals surface area contributed by atoms with Gasteiger partial charge in [-0.1, -0.05) is 40.2 Å². The molecular weight excluding hydrogens is 333 g/mol. The first kappa shape index (κ1) is 14.3. The molecule has 0 spiro atoms. The Hall–Kier alpha value is -1.68. The number of rotatable bonds is 2. The Kier molecular flexibility index (Phi) is 3.36. The Morgan fingerprint density at radius 1 is 1.19 bits per heavy atom. The van der Waals surface area contributed by atoms with Gasteiger partial charge in [0, 0.05) is 15.7 Å². The van der Waals surface area contributed by atoms with E-state index in [1.807, 2.05) is 38.1 Å². The zero-order chi connectivity index (χ0) is 15.2. The van der Waals surface area contributed by atoms with Crippen molar-refractivity contribution in [3.8, 4) is 0 Å². The Balaban J connectivity index is 2.02. The summed E-state index contributed by atoms with van der Waals surface area (Å²) in [7, 11) is 0. The first-order valence-corrected chi connectivity index (χ1v) is 7.56. The fourth-order valence-electron chi connectivity index (χ4n) is 2.78. The van der Waals surface area contributed by atoms with Gasteiger partial charge < -0.3 is 4.90 Å². The second-order valence-electron chi connectivity index (χ2n) is 5.77. The SMILES string of the molecule is CC1(C)C(=O)N(Cc2ccc(Br)cc2F)c2ccccc21. The first-order chi connectivity index (χ1) is 9.91. The van der Waals surface area contributed by atoms with E-state index in [0.717, 1.165) is 11.3 Å². The summed E-state index contributed by atoms with van der Waals surface area (Å²) in [6.45, 7) is 4.07. The van der Waals surface area contributed by atoms with Gasteiger partial charge in [-0.05, 0) is 37.6 Å². The number of anilines is 1. The number of halogens is 2. The molecule has 21 heavy (non-hydrogen) atoms. The van der Waals surface area contributed by atoms with E-state index < -0.39 is 5.41 Å². The van der Waals surface area contributed by atoms with Crippen LogP contribution < -0.4 is 4.90 Å². The van der Waals surface area contributed by atoms with E-state index in [1.165, 1.54) is 6.07 Å². The molecule has 0 fully saturated rings. The number of amides is 1. The van der Waals surface area contributed by atoms with Crippen LogP contribution in [0.15, 0.2) is 46.9 Å². The molecule has 0 saturated carbocycles. The monoisotopic (exact) mass is 347 g/mol. The smallest absolute Gasteiger partial charge is 0.237 e. The molecule has 4 heteroatoms. The largest absolute Gasteiger partial charge is 0.307 e. The number of para-hydroxylation sites is 1. The normalized spacial score (nSPS) is 16.2. The van der Waals surface area contributed by atoms with Crippen LogP contribution in [0.3, 0.4) is 0 Å². The highest BCUT2D eigenvalue weighted by Crippen LogP contribution is 2.42. The van der Waals surface area contributed by atoms with Gasteiger partial charge in [-0.25, -0.2) is 4.39 Å². The minimum Gasteiger partial charge on any atom is -0.307 e. The van der Waals surface area contributed by atoms with Gasteiger partial charge in [0.25, 0.3) is 0 Å². The van der Waals surface area contributed by atoms with Crippen molar-refractivity contribution in [3.63, 3.8) is 0 Å². The van der Waals surface area contributed by atoms with Crippen LogP contribution in [0, 0.1) is 5.82 Å². The maximum Gasteiger partial charge on any atom is 0.237 e. The molecule has 1 amide bonds. The quantitative estimate of drug-likeness (QED) is 0.787. The van der Waals surface area contributed by atoms with Gasteiger partial charge in [-0.15, -0.1) is 0 Å². The van der Waals surface area contributed by atoms with Crippen molar-refractivity contribution in [2.24, 2.45) is 0 Å². The van der Waals surface area contributed by atoms with Gasteiger partial charge in [0.15, 0.2) is 0 Å². The lowest BCUT2D eigenvalue weighted by Crippen LogP contribution is -2.35. The van der Waals surface area contributed by atoms with Crippen molar-refractivity contribution in [1.82, 2.24) is 0 Å². The van der Waals surface area contributed by atoms with Crippen LogP contribution in [0.4, 0.5) is 10.1 Å². The standard InChI is InChI=1S/C17H15BrFNO/c1-17(2)13-5-3-4-6-15(13)20(16(17)21)10-11-7-8-12(18)9-14(11)19/h3-9H,10H2,1-2H3. The molecule has 0 N–H and O–H groups in total. The number of fused-ring (bicyclic) bond motifs is 1. The number of hydrogen-bond donors (Lipinski definition) is 0. The number of hydrogen-bond acceptors (Lipinski definition) is 1. The third-order valence-corrected chi connectivity index (χ3v) is 4.48. The summed E-state index contributed by atoms with van der Waals surface area (Å²) in [6, 6.07) is 12.6. The van der Waals surface area contributed by atoms with Gasteiger partial charge in [0.05, 0.1) is 12.0 Å². The summed E-state index contributed by atoms with van der Waals surface area (Å²) in [5, 5.41) is 0. The van der Waals surface area contributed by atoms with Crippen LogP contribution in [-0.2, 0) is 16.8 Å². The number of benzene rings is 2. The van der Waals surface area contributed by atoms with Gasteiger partial charge in [-0.3, -0.25) is 4.79 Å². The predicted octanol–water partition coefficient (Wildman–Crippen LogP) is 4.41. The van der Waals surface area contributed by atoms with Crippen LogP contribution in [0.1, 0.15) is 25.0 Å². The van der Waals surface area contributed by atoms with E-state index in [4.69, 9.17) is 0 Å². The highest BCUT2D eigenvalue weighted by atomic mass is 79.9. The summed E-state index contributed by atoms with van der Waals surface area (Å²) in [5.41, 5.74) is 1.81. The van der Waals surface area contributed by atoms with E-state index >= 15 is 0 Å². The number of carbonyl (C=O) groups is 1. The summed E-state index contributed by atoms with van der Waals surface area (Å²) in [5.74, 6) is -0.301. The molecule has 108 valence electrons. The molecular formula is C17H15BrFNO. The van der Waals surface area contributed by atoms with Crippen molar-refractivity contribution in [2.45, 2.75) is 25.8 Å². The van der Waals surface area contributed by atoms with E-state index in [1.54, 1.807) is 17.0 Å². The third-order valence-electron chi connectivity index (χ3n) is 3.99. The van der Waals surface area contributed by atoms with Crippen molar-refractivity contribution < 1.29 is 9.18 Å². The van der Waals surface area contributed by atoms with Crippen LogP contribution in [0.25, 0.3) is 0 Å². The lowest BCUT2D eigenvalue weighted by atomic mass is 9.86. The molecule has 0 aromatic heterocycles. The van der Waals surface area contributed by atoms with Gasteiger partial charge in [-0.2, -0.15) is 0 Å². The van der Waals surface area contributed by atoms with E-state index in [0.29, 0.717) is 10.0 Å². The van der Waals surface area contributed by atoms with Gasteiger partial charge in [0.1, 0.15) is 5.82 Å². The highest BCUT2D eigenvalue weighted by molar-refractivity contribution is 9.10. The van der Waals surface area contributed by atoms with Crippen LogP contribution >= 0.6 is 15.9 Å². The van der Waals surface area contributed by atoms with Crippen LogP contribution in [0.2, 0.25) is 0 Å². The van der Waals surface area contributed by atoms with E-state index in [2.05, 4.69) is 15.9 Å². The molecule has 2 nitrogen and oxygen atoms in total. The fraction of sp³-hybridized carbons (Fsp3) is 0.235. The molecule has 0 bridgehead atoms. The van der Waals surface area contributed by atoms with Crippen molar-refractivity contribution in [1.29, 1.82) is 0 Å². The zero-order valence-corrected chi connectivity index (χ0v) is 13.4. The Bertz CT molecular complexity index is 726. The highest BCUT2D eigenvalue weighted by Gasteiger charge is 2.43. The second-order valence-corrected chi connectivity index (χ2v) is 6.68. The fourth-order valence-corrected chi connectivity index (χ4v) is 3.11. The van der Waals surface area contributed by atoms with Crippen LogP contribution in [-0.4, -0.2) is 5.91 Å². The molecule has 3 rings (SSSR count). The molecule has 0 unspecified atom stereocenters. The van der Waals surface area contributed by atoms with Gasteiger partial charge >= 0.3 is 0 Å². The Labute approximate surface area is 131 Å². The predicted molar refractivity (Wildman–Crippen MR) is 84.8 cm³/mol. The van der Waals surface area contributed by atoms with E-state index in [-0.39, 0.29) is 18.3 Å². The topological polar surface area (TPSA) is 20.3 Å². The minimum absolute atomic E-state index is 0.00557. The second kappa shape index (κ2) is 4.95. The summed E-state index contributed by atoms with van der Waals surface area (Å²) in [6.07, 6.45) is 0. The Morgan fingerprint density at radius 3 is 2.62 bits per heavy atom. The molecule has 1 heterocycles. The molecule has 2 aromatic rings. The van der Waals surface area contributed by atoms with Crippen molar-refractivity contribution in [2.75, 3.05) is 4.90 Å². The molecule has 1 aliphatic rings. The lowest BCUT2D eigenvalue weighted by molar-refractivity contribution is -0.122. The average molecular weight is 348 g/mol. The van der Waals surface area contributed by atoms with Crippen molar-refractivity contribution in [3.05, 3.63) is 63.9 Å². The maximum absolute atomic E-state index is 14.0. The number of nitrogens with zero attached hydrogens (tertiary/aromatic N) is 1. The molecule has 0 atom stereocenters.